The average Bonchev–Trinajstić information content (AvgIpc) is 3.64. The molecule has 11 nitrogen and oxygen atoms in total. The smallest absolute Gasteiger partial charge is 0.249 e. The van der Waals surface area contributed by atoms with E-state index in [4.69, 9.17) is 9.97 Å². The molecular formula is C22H28N10O. The predicted octanol–water partition coefficient (Wildman–Crippen LogP) is 2.82. The van der Waals surface area contributed by atoms with Crippen molar-refractivity contribution >= 4 is 29.4 Å². The molecule has 33 heavy (non-hydrogen) atoms. The van der Waals surface area contributed by atoms with Crippen molar-refractivity contribution in [1.29, 1.82) is 0 Å². The summed E-state index contributed by atoms with van der Waals surface area (Å²) < 4.78 is 0. The number of fused-ring (bicyclic) bond motifs is 1. The number of anilines is 4. The highest BCUT2D eigenvalue weighted by atomic mass is 16.2. The van der Waals surface area contributed by atoms with E-state index in [0.717, 1.165) is 61.5 Å². The molecule has 2 aliphatic carbocycles. The van der Waals surface area contributed by atoms with Gasteiger partial charge in [0.05, 0.1) is 5.69 Å². The molecule has 4 heterocycles. The van der Waals surface area contributed by atoms with Crippen molar-refractivity contribution in [1.82, 2.24) is 35.3 Å². The summed E-state index contributed by atoms with van der Waals surface area (Å²) in [5.41, 5.74) is 3.42. The predicted molar refractivity (Wildman–Crippen MR) is 123 cm³/mol. The van der Waals surface area contributed by atoms with Crippen LogP contribution in [0.2, 0.25) is 0 Å². The van der Waals surface area contributed by atoms with Crippen molar-refractivity contribution < 1.29 is 4.79 Å². The van der Waals surface area contributed by atoms with Crippen LogP contribution in [0.1, 0.15) is 67.8 Å². The van der Waals surface area contributed by atoms with Crippen molar-refractivity contribution in [3.8, 4) is 0 Å². The fourth-order valence-electron chi connectivity index (χ4n) is 5.36. The highest BCUT2D eigenvalue weighted by molar-refractivity contribution is 5.95. The summed E-state index contributed by atoms with van der Waals surface area (Å²) in [7, 11) is 0. The molecule has 1 saturated heterocycles. The van der Waals surface area contributed by atoms with Gasteiger partial charge in [-0.1, -0.05) is 12.8 Å². The van der Waals surface area contributed by atoms with Crippen molar-refractivity contribution in [3.63, 3.8) is 0 Å². The van der Waals surface area contributed by atoms with Gasteiger partial charge in [0, 0.05) is 29.8 Å². The van der Waals surface area contributed by atoms with Crippen LogP contribution in [0.3, 0.4) is 0 Å². The molecule has 172 valence electrons. The number of carbonyl (C=O) groups excluding carboxylic acids is 1. The topological polar surface area (TPSA) is 140 Å². The lowest BCUT2D eigenvalue weighted by molar-refractivity contribution is -0.117. The Morgan fingerprint density at radius 3 is 2.82 bits per heavy atom. The molecule has 0 spiro atoms. The van der Waals surface area contributed by atoms with Crippen LogP contribution in [-0.2, 0) is 17.6 Å². The van der Waals surface area contributed by atoms with Crippen LogP contribution in [0.25, 0.3) is 0 Å². The van der Waals surface area contributed by atoms with Gasteiger partial charge in [-0.15, -0.1) is 0 Å². The van der Waals surface area contributed by atoms with E-state index in [9.17, 15) is 4.79 Å². The summed E-state index contributed by atoms with van der Waals surface area (Å²) in [4.78, 5) is 28.7. The van der Waals surface area contributed by atoms with E-state index < -0.39 is 0 Å². The third kappa shape index (κ3) is 3.91. The van der Waals surface area contributed by atoms with Gasteiger partial charge in [-0.3, -0.25) is 15.2 Å². The molecule has 0 bridgehead atoms. The molecular weight excluding hydrogens is 420 g/mol. The van der Waals surface area contributed by atoms with Crippen LogP contribution in [0, 0.1) is 0 Å². The first kappa shape index (κ1) is 20.1. The molecule has 3 aromatic rings. The van der Waals surface area contributed by atoms with Crippen molar-refractivity contribution in [3.05, 3.63) is 29.3 Å². The molecule has 1 aliphatic heterocycles. The Kier molecular flexibility index (Phi) is 5.16. The van der Waals surface area contributed by atoms with Gasteiger partial charge in [-0.2, -0.15) is 20.2 Å². The van der Waals surface area contributed by atoms with E-state index in [1.165, 1.54) is 37.7 Å². The van der Waals surface area contributed by atoms with Gasteiger partial charge < -0.3 is 10.2 Å². The first-order valence-electron chi connectivity index (χ1n) is 11.9. The van der Waals surface area contributed by atoms with Gasteiger partial charge in [0.2, 0.25) is 17.8 Å². The normalized spacial score (nSPS) is 20.4. The number of rotatable bonds is 6. The zero-order valence-electron chi connectivity index (χ0n) is 18.5. The highest BCUT2D eigenvalue weighted by Crippen LogP contribution is 2.35. The number of carbonyl (C=O) groups is 1. The standard InChI is InChI=1S/C22H28N10O/c33-20(28-21-23-12-24-31-21)17-9-4-10-32(17)22-25-15-8-3-7-14(15)19(27-22)26-18-11-16(29-30-18)13-5-1-2-6-13/h11-13,17H,1-10H2,(H2,23,24,28,31,33)(H2,25,26,27,29,30). The number of nitrogens with zero attached hydrogens (tertiary/aromatic N) is 6. The molecule has 1 atom stereocenters. The van der Waals surface area contributed by atoms with E-state index in [2.05, 4.69) is 42.1 Å². The number of aromatic amines is 2. The minimum Gasteiger partial charge on any atom is -0.329 e. The number of aromatic nitrogens is 7. The molecule has 6 rings (SSSR count). The SMILES string of the molecule is O=C(Nc1ncn[nH]1)C1CCCN1c1nc2c(c(Nc3cc(C4CCCC4)[nH]n3)n1)CCC2. The van der Waals surface area contributed by atoms with Gasteiger partial charge in [0.15, 0.2) is 5.82 Å². The monoisotopic (exact) mass is 448 g/mol. The maximum atomic E-state index is 12.9. The largest absolute Gasteiger partial charge is 0.329 e. The Morgan fingerprint density at radius 2 is 1.97 bits per heavy atom. The fraction of sp³-hybridized carbons (Fsp3) is 0.545. The summed E-state index contributed by atoms with van der Waals surface area (Å²) in [6, 6.07) is 1.77. The summed E-state index contributed by atoms with van der Waals surface area (Å²) in [6.45, 7) is 0.737. The van der Waals surface area contributed by atoms with E-state index in [-0.39, 0.29) is 11.9 Å². The number of hydrogen-bond donors (Lipinski definition) is 4. The number of hydrogen-bond acceptors (Lipinski definition) is 8. The first-order chi connectivity index (χ1) is 16.2. The molecule has 11 heteroatoms. The Labute approximate surface area is 191 Å². The van der Waals surface area contributed by atoms with Crippen LogP contribution in [0.15, 0.2) is 12.4 Å². The molecule has 3 aromatic heterocycles. The lowest BCUT2D eigenvalue weighted by Crippen LogP contribution is -2.41. The van der Waals surface area contributed by atoms with Crippen LogP contribution < -0.4 is 15.5 Å². The van der Waals surface area contributed by atoms with Gasteiger partial charge in [-0.25, -0.2) is 10.1 Å². The van der Waals surface area contributed by atoms with E-state index >= 15 is 0 Å². The molecule has 4 N–H and O–H groups in total. The van der Waals surface area contributed by atoms with Gasteiger partial charge in [0.1, 0.15) is 18.2 Å². The van der Waals surface area contributed by atoms with Crippen molar-refractivity contribution in [2.45, 2.75) is 69.7 Å². The average molecular weight is 449 g/mol. The van der Waals surface area contributed by atoms with Crippen LogP contribution in [0.5, 0.6) is 0 Å². The lowest BCUT2D eigenvalue weighted by Gasteiger charge is -2.24. The zero-order chi connectivity index (χ0) is 22.2. The van der Waals surface area contributed by atoms with Gasteiger partial charge >= 0.3 is 0 Å². The highest BCUT2D eigenvalue weighted by Gasteiger charge is 2.34. The number of aryl methyl sites for hydroxylation is 1. The molecule has 1 unspecified atom stereocenters. The molecule has 2 fully saturated rings. The number of nitrogens with one attached hydrogen (secondary N) is 4. The maximum Gasteiger partial charge on any atom is 0.249 e. The Hall–Kier alpha value is -3.50. The minimum atomic E-state index is -0.346. The molecule has 0 aromatic carbocycles. The van der Waals surface area contributed by atoms with E-state index in [1.807, 2.05) is 4.90 Å². The van der Waals surface area contributed by atoms with Gasteiger partial charge in [-0.05, 0) is 44.9 Å². The summed E-state index contributed by atoms with van der Waals surface area (Å²) >= 11 is 0. The maximum absolute atomic E-state index is 12.9. The molecule has 1 saturated carbocycles. The summed E-state index contributed by atoms with van der Waals surface area (Å²) in [6.07, 6.45) is 11.0. The zero-order valence-corrected chi connectivity index (χ0v) is 18.5. The Morgan fingerprint density at radius 1 is 1.06 bits per heavy atom. The van der Waals surface area contributed by atoms with Gasteiger partial charge in [0.25, 0.3) is 0 Å². The van der Waals surface area contributed by atoms with Crippen LogP contribution in [0.4, 0.5) is 23.5 Å². The van der Waals surface area contributed by atoms with Crippen molar-refractivity contribution in [2.75, 3.05) is 22.1 Å². The first-order valence-corrected chi connectivity index (χ1v) is 11.9. The number of H-pyrrole nitrogens is 2. The Balaban J connectivity index is 1.25. The third-order valence-corrected chi connectivity index (χ3v) is 7.03. The van der Waals surface area contributed by atoms with E-state index in [1.54, 1.807) is 0 Å². The fourth-order valence-corrected chi connectivity index (χ4v) is 5.36. The van der Waals surface area contributed by atoms with Crippen LogP contribution >= 0.6 is 0 Å². The summed E-state index contributed by atoms with van der Waals surface area (Å²) in [5, 5.41) is 20.4. The second-order valence-electron chi connectivity index (χ2n) is 9.14. The Bertz CT molecular complexity index is 1130. The van der Waals surface area contributed by atoms with E-state index in [0.29, 0.717) is 17.8 Å². The summed E-state index contributed by atoms with van der Waals surface area (Å²) in [5.74, 6) is 2.99. The molecule has 3 aliphatic rings. The third-order valence-electron chi connectivity index (χ3n) is 7.03. The van der Waals surface area contributed by atoms with Crippen molar-refractivity contribution in [2.24, 2.45) is 0 Å². The second kappa shape index (κ2) is 8.45. The second-order valence-corrected chi connectivity index (χ2v) is 9.14. The molecule has 0 radical (unpaired) electrons. The number of amides is 1. The molecule has 1 amide bonds. The lowest BCUT2D eigenvalue weighted by atomic mass is 10.0. The van der Waals surface area contributed by atoms with Crippen LogP contribution in [-0.4, -0.2) is 53.8 Å². The quantitative estimate of drug-likeness (QED) is 0.451. The minimum absolute atomic E-state index is 0.128.